The largest absolute Gasteiger partial charge is 0.275 e. The molecule has 0 saturated carbocycles. The lowest BCUT2D eigenvalue weighted by Gasteiger charge is -2.11. The second-order valence-electron chi connectivity index (χ2n) is 7.67. The molecule has 3 aromatic heterocycles. The number of nitrogens with zero attached hydrogens (tertiary/aromatic N) is 6. The van der Waals surface area contributed by atoms with Gasteiger partial charge in [0.1, 0.15) is 11.2 Å². The van der Waals surface area contributed by atoms with Crippen LogP contribution in [0.25, 0.3) is 44.9 Å². The number of hydrogen-bond acceptors (Lipinski definition) is 5. The molecule has 0 fully saturated rings. The van der Waals surface area contributed by atoms with Crippen molar-refractivity contribution in [2.75, 3.05) is 0 Å². The molecule has 33 heavy (non-hydrogen) atoms. The van der Waals surface area contributed by atoms with Crippen LogP contribution in [0.15, 0.2) is 48.8 Å². The van der Waals surface area contributed by atoms with Crippen LogP contribution in [-0.2, 0) is 7.05 Å². The van der Waals surface area contributed by atoms with Gasteiger partial charge in [-0.2, -0.15) is 5.10 Å². The Morgan fingerprint density at radius 2 is 1.55 bits per heavy atom. The van der Waals surface area contributed by atoms with Gasteiger partial charge in [0.2, 0.25) is 0 Å². The number of rotatable bonds is 3. The molecule has 5 aromatic rings. The molecule has 0 amide bonds. The molecule has 0 unspecified atom stereocenters. The predicted octanol–water partition coefficient (Wildman–Crippen LogP) is 5.19. The van der Waals surface area contributed by atoms with Gasteiger partial charge in [-0.3, -0.25) is 4.68 Å². The summed E-state index contributed by atoms with van der Waals surface area (Å²) in [5.41, 5.74) is 3.92. The topological polar surface area (TPSA) is 69.4 Å². The summed E-state index contributed by atoms with van der Waals surface area (Å²) in [6.45, 7) is 3.53. The Morgan fingerprint density at radius 3 is 2.30 bits per heavy atom. The maximum atomic E-state index is 14.7. The molecule has 2 aromatic carbocycles. The Labute approximate surface area is 186 Å². The van der Waals surface area contributed by atoms with E-state index in [9.17, 15) is 13.2 Å². The average molecular weight is 446 g/mol. The van der Waals surface area contributed by atoms with Crippen molar-refractivity contribution < 1.29 is 13.2 Å². The first-order valence-corrected chi connectivity index (χ1v) is 10.1. The van der Waals surface area contributed by atoms with E-state index in [-0.39, 0.29) is 28.2 Å². The molecule has 0 bridgehead atoms. The van der Waals surface area contributed by atoms with Crippen LogP contribution in [-0.4, -0.2) is 29.7 Å². The zero-order valence-electron chi connectivity index (χ0n) is 17.9. The number of hydrogen-bond donors (Lipinski definition) is 0. The quantitative estimate of drug-likeness (QED) is 0.357. The fourth-order valence-corrected chi connectivity index (χ4v) is 3.55. The normalized spacial score (nSPS) is 11.3. The van der Waals surface area contributed by atoms with E-state index in [4.69, 9.17) is 0 Å². The summed E-state index contributed by atoms with van der Waals surface area (Å²) < 4.78 is 44.1. The van der Waals surface area contributed by atoms with Gasteiger partial charge >= 0.3 is 0 Å². The third kappa shape index (κ3) is 3.61. The van der Waals surface area contributed by atoms with Crippen molar-refractivity contribution in [3.63, 3.8) is 0 Å². The van der Waals surface area contributed by atoms with E-state index in [1.807, 2.05) is 31.4 Å². The molecule has 5 rings (SSSR count). The van der Waals surface area contributed by atoms with Gasteiger partial charge in [-0.25, -0.2) is 33.1 Å². The van der Waals surface area contributed by atoms with Gasteiger partial charge in [0, 0.05) is 29.9 Å². The van der Waals surface area contributed by atoms with Gasteiger partial charge in [0.05, 0.1) is 17.6 Å². The summed E-state index contributed by atoms with van der Waals surface area (Å²) in [7, 11) is 1.82. The highest BCUT2D eigenvalue weighted by molar-refractivity contribution is 5.89. The smallest absolute Gasteiger partial charge is 0.195 e. The molecule has 0 saturated heterocycles. The third-order valence-electron chi connectivity index (χ3n) is 5.39. The molecule has 3 heterocycles. The zero-order valence-corrected chi connectivity index (χ0v) is 17.9. The second-order valence-corrected chi connectivity index (χ2v) is 7.67. The van der Waals surface area contributed by atoms with Crippen LogP contribution in [0.5, 0.6) is 0 Å². The Kier molecular flexibility index (Phi) is 4.88. The van der Waals surface area contributed by atoms with E-state index in [1.54, 1.807) is 30.8 Å². The molecule has 0 aliphatic rings. The number of fused-ring (bicyclic) bond motifs is 1. The van der Waals surface area contributed by atoms with Crippen molar-refractivity contribution in [3.8, 4) is 33.8 Å². The van der Waals surface area contributed by atoms with E-state index in [2.05, 4.69) is 25.0 Å². The van der Waals surface area contributed by atoms with Gasteiger partial charge in [-0.1, -0.05) is 18.2 Å². The first-order valence-electron chi connectivity index (χ1n) is 10.1. The molecule has 0 spiro atoms. The summed E-state index contributed by atoms with van der Waals surface area (Å²) in [5, 5.41) is 4.19. The van der Waals surface area contributed by atoms with Crippen molar-refractivity contribution in [2.24, 2.45) is 7.05 Å². The van der Waals surface area contributed by atoms with Gasteiger partial charge in [0.15, 0.2) is 28.9 Å². The maximum Gasteiger partial charge on any atom is 0.195 e. The average Bonchev–Trinajstić information content (AvgIpc) is 3.24. The van der Waals surface area contributed by atoms with E-state index in [1.165, 1.54) is 0 Å². The Balaban J connectivity index is 1.77. The van der Waals surface area contributed by atoms with Crippen LogP contribution < -0.4 is 0 Å². The van der Waals surface area contributed by atoms with E-state index < -0.39 is 17.5 Å². The number of benzene rings is 2. The molecule has 0 aliphatic heterocycles. The summed E-state index contributed by atoms with van der Waals surface area (Å²) in [4.78, 5) is 18.0. The van der Waals surface area contributed by atoms with E-state index in [0.29, 0.717) is 17.0 Å². The third-order valence-corrected chi connectivity index (χ3v) is 5.39. The van der Waals surface area contributed by atoms with Crippen LogP contribution in [0.1, 0.15) is 11.4 Å². The van der Waals surface area contributed by atoms with Gasteiger partial charge in [0.25, 0.3) is 0 Å². The summed E-state index contributed by atoms with van der Waals surface area (Å²) in [5.74, 6) is -3.94. The lowest BCUT2D eigenvalue weighted by molar-refractivity contribution is 0.449. The fourth-order valence-electron chi connectivity index (χ4n) is 3.55. The molecule has 164 valence electrons. The lowest BCUT2D eigenvalue weighted by atomic mass is 10.0. The second kappa shape index (κ2) is 7.77. The Bertz CT molecular complexity index is 1540. The molecular weight excluding hydrogens is 429 g/mol. The minimum atomic E-state index is -1.57. The van der Waals surface area contributed by atoms with E-state index >= 15 is 0 Å². The lowest BCUT2D eigenvalue weighted by Crippen LogP contribution is -2.04. The molecule has 0 N–H and O–H groups in total. The van der Waals surface area contributed by atoms with Crippen LogP contribution in [0, 0.1) is 31.3 Å². The SMILES string of the molecule is Cc1nc2nc(-c3cccc(-c4cnn(C)c4)c3)nc(-c3ccc(F)c(F)c3F)c2nc1C. The summed E-state index contributed by atoms with van der Waals surface area (Å²) in [6, 6.07) is 9.44. The standard InChI is InChI=1S/C24H17F3N6/c1-12-13(2)30-24-22(29-12)21(17-7-8-18(25)20(27)19(17)26)31-23(32-24)15-6-4-5-14(9-15)16-10-28-33(3)11-16/h4-11H,1-3H3. The highest BCUT2D eigenvalue weighted by Gasteiger charge is 2.21. The maximum absolute atomic E-state index is 14.7. The molecular formula is C24H17F3N6. The van der Waals surface area contributed by atoms with Crippen LogP contribution in [0.3, 0.4) is 0 Å². The number of aryl methyl sites for hydroxylation is 3. The molecule has 9 heteroatoms. The molecule has 0 radical (unpaired) electrons. The minimum Gasteiger partial charge on any atom is -0.275 e. The molecule has 6 nitrogen and oxygen atoms in total. The molecule has 0 atom stereocenters. The summed E-state index contributed by atoms with van der Waals surface area (Å²) in [6.07, 6.45) is 3.61. The van der Waals surface area contributed by atoms with Crippen molar-refractivity contribution >= 4 is 11.2 Å². The van der Waals surface area contributed by atoms with Crippen molar-refractivity contribution in [1.29, 1.82) is 0 Å². The van der Waals surface area contributed by atoms with Crippen molar-refractivity contribution in [1.82, 2.24) is 29.7 Å². The van der Waals surface area contributed by atoms with Crippen LogP contribution >= 0.6 is 0 Å². The highest BCUT2D eigenvalue weighted by Crippen LogP contribution is 2.32. The van der Waals surface area contributed by atoms with Gasteiger partial charge in [-0.15, -0.1) is 0 Å². The monoisotopic (exact) mass is 446 g/mol. The summed E-state index contributed by atoms with van der Waals surface area (Å²) >= 11 is 0. The Morgan fingerprint density at radius 1 is 0.788 bits per heavy atom. The van der Waals surface area contributed by atoms with E-state index in [0.717, 1.165) is 23.3 Å². The first kappa shape index (κ1) is 20.7. The first-order chi connectivity index (χ1) is 15.8. The highest BCUT2D eigenvalue weighted by atomic mass is 19.2. The Hall–Kier alpha value is -4.14. The molecule has 0 aliphatic carbocycles. The van der Waals surface area contributed by atoms with Crippen molar-refractivity contribution in [3.05, 3.63) is 77.6 Å². The van der Waals surface area contributed by atoms with Crippen molar-refractivity contribution in [2.45, 2.75) is 13.8 Å². The van der Waals surface area contributed by atoms with Crippen LogP contribution in [0.4, 0.5) is 13.2 Å². The zero-order chi connectivity index (χ0) is 23.3. The van der Waals surface area contributed by atoms with Gasteiger partial charge in [-0.05, 0) is 37.6 Å². The number of aromatic nitrogens is 6. The fraction of sp³-hybridized carbons (Fsp3) is 0.125. The van der Waals surface area contributed by atoms with Crippen LogP contribution in [0.2, 0.25) is 0 Å². The minimum absolute atomic E-state index is 0.0359. The number of halogens is 3. The predicted molar refractivity (Wildman–Crippen MR) is 118 cm³/mol. The van der Waals surface area contributed by atoms with Gasteiger partial charge < -0.3 is 0 Å².